The van der Waals surface area contributed by atoms with E-state index in [1.54, 1.807) is 23.2 Å². The molecule has 0 saturated carbocycles. The Morgan fingerprint density at radius 1 is 1.45 bits per heavy atom. The number of ether oxygens (including phenoxy) is 1. The molecule has 2 aliphatic heterocycles. The summed E-state index contributed by atoms with van der Waals surface area (Å²) in [5.74, 6) is -0.492. The monoisotopic (exact) mass is 551 g/mol. The molecule has 5 rings (SSSR count). The van der Waals surface area contributed by atoms with E-state index in [1.807, 2.05) is 19.1 Å². The summed E-state index contributed by atoms with van der Waals surface area (Å²) >= 11 is 3.41. The molecular formula is C21H19FIN5O2S. The minimum Gasteiger partial charge on any atom is -0.458 e. The molecule has 0 bridgehead atoms. The summed E-state index contributed by atoms with van der Waals surface area (Å²) in [7, 11) is 0. The number of hydrogen-bond donors (Lipinski definition) is 2. The lowest BCUT2D eigenvalue weighted by Gasteiger charge is -2.18. The molecular weight excluding hydrogens is 532 g/mol. The maximum Gasteiger partial charge on any atom is 0.285 e. The van der Waals surface area contributed by atoms with E-state index in [2.05, 4.69) is 43.2 Å². The summed E-state index contributed by atoms with van der Waals surface area (Å²) in [5.41, 5.74) is 0.832. The summed E-state index contributed by atoms with van der Waals surface area (Å²) < 4.78 is 21.1. The van der Waals surface area contributed by atoms with Crippen LogP contribution in [0.4, 0.5) is 15.1 Å². The van der Waals surface area contributed by atoms with Crippen LogP contribution in [-0.2, 0) is 4.74 Å². The number of amidine groups is 1. The summed E-state index contributed by atoms with van der Waals surface area (Å²) in [6.07, 6.45) is 1.57. The van der Waals surface area contributed by atoms with Crippen LogP contribution in [0.1, 0.15) is 17.3 Å². The quantitative estimate of drug-likeness (QED) is 0.480. The molecule has 10 heteroatoms. The molecule has 4 heterocycles. The number of thiophene rings is 1. The van der Waals surface area contributed by atoms with Crippen molar-refractivity contribution in [2.45, 2.75) is 19.1 Å². The molecule has 2 atom stereocenters. The molecule has 0 radical (unpaired) electrons. The molecule has 31 heavy (non-hydrogen) atoms. The van der Waals surface area contributed by atoms with Gasteiger partial charge in [-0.25, -0.2) is 14.4 Å². The van der Waals surface area contributed by atoms with Crippen molar-refractivity contribution in [3.05, 3.63) is 51.5 Å². The van der Waals surface area contributed by atoms with Crippen molar-refractivity contribution in [3.8, 4) is 0 Å². The number of nitrogens with zero attached hydrogens (tertiary/aromatic N) is 3. The first-order valence-electron chi connectivity index (χ1n) is 9.90. The Morgan fingerprint density at radius 2 is 2.32 bits per heavy atom. The van der Waals surface area contributed by atoms with Crippen molar-refractivity contribution in [2.75, 3.05) is 25.0 Å². The lowest BCUT2D eigenvalue weighted by Crippen LogP contribution is -2.36. The lowest BCUT2D eigenvalue weighted by molar-refractivity contribution is 0.0770. The van der Waals surface area contributed by atoms with Gasteiger partial charge in [-0.15, -0.1) is 0 Å². The van der Waals surface area contributed by atoms with E-state index in [-0.39, 0.29) is 23.9 Å². The van der Waals surface area contributed by atoms with Crippen LogP contribution in [0.2, 0.25) is 0 Å². The molecule has 2 N–H and O–H groups in total. The van der Waals surface area contributed by atoms with Crippen molar-refractivity contribution in [1.82, 2.24) is 15.2 Å². The number of amides is 1. The topological polar surface area (TPSA) is 78.9 Å². The number of halogens is 2. The third-order valence-corrected chi connectivity index (χ3v) is 6.99. The number of benzene rings is 1. The number of rotatable bonds is 4. The van der Waals surface area contributed by atoms with E-state index >= 15 is 0 Å². The molecule has 2 fully saturated rings. The maximum atomic E-state index is 14.5. The highest BCUT2D eigenvalue weighted by atomic mass is 127. The van der Waals surface area contributed by atoms with Gasteiger partial charge >= 0.3 is 0 Å². The average molecular weight is 551 g/mol. The standard InChI is InChI=1S/C21H19FIN5O2S/c1-2-24-21-27-15-9-28(10-16(15)30-21)20(29)17-12-4-3-7-25-18(12)31-19(17)26-14-6-5-11(23)8-13(14)22/h3-8,15-16,26H,2,9-10H2,1H3,(H,24,27)/t15-,16+/m0/s1. The van der Waals surface area contributed by atoms with Gasteiger partial charge in [-0.3, -0.25) is 4.79 Å². The highest BCUT2D eigenvalue weighted by Gasteiger charge is 2.43. The third kappa shape index (κ3) is 3.82. The molecule has 2 aromatic heterocycles. The molecule has 1 amide bonds. The minimum atomic E-state index is -0.369. The fraction of sp³-hybridized carbons (Fsp3) is 0.286. The van der Waals surface area contributed by atoms with Gasteiger partial charge in [-0.05, 0) is 59.8 Å². The first-order chi connectivity index (χ1) is 15.0. The zero-order chi connectivity index (χ0) is 21.5. The van der Waals surface area contributed by atoms with Gasteiger partial charge in [0.2, 0.25) is 0 Å². The van der Waals surface area contributed by atoms with Crippen molar-refractivity contribution in [3.63, 3.8) is 0 Å². The van der Waals surface area contributed by atoms with Crippen LogP contribution in [0.5, 0.6) is 0 Å². The van der Waals surface area contributed by atoms with E-state index < -0.39 is 0 Å². The van der Waals surface area contributed by atoms with Gasteiger partial charge in [0, 0.05) is 28.2 Å². The second-order valence-corrected chi connectivity index (χ2v) is 9.55. The first-order valence-corrected chi connectivity index (χ1v) is 11.8. The van der Waals surface area contributed by atoms with Crippen LogP contribution in [0.15, 0.2) is 41.5 Å². The first kappa shape index (κ1) is 20.4. The summed E-state index contributed by atoms with van der Waals surface area (Å²) in [5, 5.41) is 7.71. The largest absolute Gasteiger partial charge is 0.458 e. The Bertz CT molecular complexity index is 1180. The summed E-state index contributed by atoms with van der Waals surface area (Å²) in [6, 6.07) is 9.19. The number of fused-ring (bicyclic) bond motifs is 2. The van der Waals surface area contributed by atoms with Gasteiger partial charge in [0.15, 0.2) is 0 Å². The number of likely N-dealkylation sites (tertiary alicyclic amines) is 1. The van der Waals surface area contributed by atoms with E-state index in [0.29, 0.717) is 41.9 Å². The number of carbonyl (C=O) groups excluding carboxylic acids is 1. The fourth-order valence-corrected chi connectivity index (χ4v) is 5.36. The molecule has 160 valence electrons. The Balaban J connectivity index is 1.46. The average Bonchev–Trinajstić information content (AvgIpc) is 3.41. The van der Waals surface area contributed by atoms with Gasteiger partial charge in [0.05, 0.1) is 23.8 Å². The Hall–Kier alpha value is -2.47. The van der Waals surface area contributed by atoms with Crippen LogP contribution in [0.25, 0.3) is 10.2 Å². The molecule has 0 spiro atoms. The lowest BCUT2D eigenvalue weighted by atomic mass is 10.1. The molecule has 2 saturated heterocycles. The fourth-order valence-electron chi connectivity index (χ4n) is 3.86. The van der Waals surface area contributed by atoms with E-state index in [4.69, 9.17) is 4.74 Å². The predicted octanol–water partition coefficient (Wildman–Crippen LogP) is 3.97. The normalized spacial score (nSPS) is 21.3. The molecule has 0 aliphatic carbocycles. The SMILES string of the molecule is CCN=C1N[C@H]2CN(C(=O)c3c(Nc4ccc(I)cc4F)sc4ncccc34)C[C@H]2O1. The van der Waals surface area contributed by atoms with Crippen molar-refractivity contribution in [2.24, 2.45) is 4.99 Å². The number of nitrogens with one attached hydrogen (secondary N) is 2. The third-order valence-electron chi connectivity index (χ3n) is 5.29. The number of hydrogen-bond acceptors (Lipinski definition) is 6. The number of anilines is 2. The second kappa shape index (κ2) is 8.23. The van der Waals surface area contributed by atoms with Gasteiger partial charge in [-0.2, -0.15) is 0 Å². The van der Waals surface area contributed by atoms with Crippen LogP contribution >= 0.6 is 33.9 Å². The van der Waals surface area contributed by atoms with E-state index in [9.17, 15) is 9.18 Å². The molecule has 3 aromatic rings. The Morgan fingerprint density at radius 3 is 3.10 bits per heavy atom. The van der Waals surface area contributed by atoms with E-state index in [1.165, 1.54) is 17.4 Å². The zero-order valence-corrected chi connectivity index (χ0v) is 19.5. The summed E-state index contributed by atoms with van der Waals surface area (Å²) in [6.45, 7) is 3.57. The predicted molar refractivity (Wildman–Crippen MR) is 128 cm³/mol. The van der Waals surface area contributed by atoms with E-state index in [0.717, 1.165) is 13.8 Å². The smallest absolute Gasteiger partial charge is 0.285 e. The number of aliphatic imine (C=N–C) groups is 1. The van der Waals surface area contributed by atoms with Crippen LogP contribution < -0.4 is 10.6 Å². The summed E-state index contributed by atoms with van der Waals surface area (Å²) in [4.78, 5) is 24.7. The zero-order valence-electron chi connectivity index (χ0n) is 16.6. The van der Waals surface area contributed by atoms with Crippen molar-refractivity contribution < 1.29 is 13.9 Å². The van der Waals surface area contributed by atoms with Gasteiger partial charge in [0.1, 0.15) is 21.8 Å². The van der Waals surface area contributed by atoms with Gasteiger partial charge in [0.25, 0.3) is 11.9 Å². The van der Waals surface area contributed by atoms with Gasteiger partial charge in [-0.1, -0.05) is 11.3 Å². The highest BCUT2D eigenvalue weighted by molar-refractivity contribution is 14.1. The molecule has 7 nitrogen and oxygen atoms in total. The van der Waals surface area contributed by atoms with Gasteiger partial charge < -0.3 is 20.3 Å². The molecule has 0 unspecified atom stereocenters. The molecule has 2 aliphatic rings. The van der Waals surface area contributed by atoms with Crippen LogP contribution in [0.3, 0.4) is 0 Å². The number of pyridine rings is 1. The van der Waals surface area contributed by atoms with Crippen LogP contribution in [-0.4, -0.2) is 53.6 Å². The maximum absolute atomic E-state index is 14.5. The van der Waals surface area contributed by atoms with Crippen LogP contribution in [0, 0.1) is 9.39 Å². The van der Waals surface area contributed by atoms with Crippen molar-refractivity contribution in [1.29, 1.82) is 0 Å². The number of aromatic nitrogens is 1. The minimum absolute atomic E-state index is 0.0160. The Labute approximate surface area is 195 Å². The number of carbonyl (C=O) groups is 1. The van der Waals surface area contributed by atoms with Crippen molar-refractivity contribution >= 4 is 66.8 Å². The Kier molecular flexibility index (Phi) is 5.42. The molecule has 1 aromatic carbocycles. The second-order valence-electron chi connectivity index (χ2n) is 7.31. The highest BCUT2D eigenvalue weighted by Crippen LogP contribution is 2.38.